The van der Waals surface area contributed by atoms with Crippen LogP contribution in [0.4, 0.5) is 0 Å². The maximum absolute atomic E-state index is 5.74. The Morgan fingerprint density at radius 3 is 2.84 bits per heavy atom. The minimum absolute atomic E-state index is 0.164. The van der Waals surface area contributed by atoms with Crippen LogP contribution in [0.15, 0.2) is 18.3 Å². The molecular formula is C15H25N3O. The van der Waals surface area contributed by atoms with Gasteiger partial charge in [0.1, 0.15) is 0 Å². The van der Waals surface area contributed by atoms with Gasteiger partial charge >= 0.3 is 0 Å². The van der Waals surface area contributed by atoms with Crippen LogP contribution in [0.3, 0.4) is 0 Å². The molecule has 1 aliphatic heterocycles. The molecule has 1 fully saturated rings. The lowest BCUT2D eigenvalue weighted by atomic mass is 10.1. The van der Waals surface area contributed by atoms with Crippen molar-refractivity contribution in [2.24, 2.45) is 0 Å². The predicted molar refractivity (Wildman–Crippen MR) is 77.4 cm³/mol. The summed E-state index contributed by atoms with van der Waals surface area (Å²) in [6.07, 6.45) is 4.39. The number of nitrogens with one attached hydrogen (secondary N) is 1. The third kappa shape index (κ3) is 4.48. The van der Waals surface area contributed by atoms with Gasteiger partial charge in [0, 0.05) is 24.3 Å². The highest BCUT2D eigenvalue weighted by Gasteiger charge is 2.16. The van der Waals surface area contributed by atoms with Gasteiger partial charge in [0.05, 0.1) is 6.10 Å². The lowest BCUT2D eigenvalue weighted by Crippen LogP contribution is -2.40. The van der Waals surface area contributed by atoms with Gasteiger partial charge in [-0.3, -0.25) is 0 Å². The summed E-state index contributed by atoms with van der Waals surface area (Å²) < 4.78 is 5.74. The molecule has 1 N–H and O–H groups in total. The Kier molecular flexibility index (Phi) is 5.16. The fourth-order valence-electron chi connectivity index (χ4n) is 2.36. The fraction of sp³-hybridized carbons (Fsp3) is 0.667. The number of rotatable bonds is 5. The van der Waals surface area contributed by atoms with E-state index < -0.39 is 0 Å². The minimum atomic E-state index is 0.164. The molecule has 0 spiro atoms. The number of pyridine rings is 1. The second-order valence-electron chi connectivity index (χ2n) is 5.59. The Morgan fingerprint density at radius 2 is 2.16 bits per heavy atom. The SMILES string of the molecule is CC(C)Oc1ncccc1CNC1CCN(C)CC1. The monoisotopic (exact) mass is 263 g/mol. The molecule has 4 nitrogen and oxygen atoms in total. The molecule has 0 saturated carbocycles. The van der Waals surface area contributed by atoms with Crippen LogP contribution in [0.2, 0.25) is 0 Å². The van der Waals surface area contributed by atoms with Crippen molar-refractivity contribution < 1.29 is 4.74 Å². The quantitative estimate of drug-likeness (QED) is 0.882. The van der Waals surface area contributed by atoms with Crippen LogP contribution < -0.4 is 10.1 Å². The van der Waals surface area contributed by atoms with Crippen LogP contribution >= 0.6 is 0 Å². The van der Waals surface area contributed by atoms with Crippen LogP contribution in [0.25, 0.3) is 0 Å². The normalized spacial score (nSPS) is 17.9. The van der Waals surface area contributed by atoms with Gasteiger partial charge in [0.2, 0.25) is 5.88 Å². The summed E-state index contributed by atoms with van der Waals surface area (Å²) in [5.74, 6) is 0.762. The lowest BCUT2D eigenvalue weighted by Gasteiger charge is -2.29. The second-order valence-corrected chi connectivity index (χ2v) is 5.59. The van der Waals surface area contributed by atoms with Crippen molar-refractivity contribution in [3.05, 3.63) is 23.9 Å². The number of hydrogen-bond acceptors (Lipinski definition) is 4. The molecule has 4 heteroatoms. The minimum Gasteiger partial charge on any atom is -0.475 e. The molecule has 1 saturated heterocycles. The number of nitrogens with zero attached hydrogens (tertiary/aromatic N) is 2. The van der Waals surface area contributed by atoms with Gasteiger partial charge in [-0.1, -0.05) is 6.07 Å². The van der Waals surface area contributed by atoms with Gasteiger partial charge in [-0.25, -0.2) is 4.98 Å². The van der Waals surface area contributed by atoms with E-state index in [1.54, 1.807) is 6.20 Å². The number of aromatic nitrogens is 1. The molecule has 0 aliphatic carbocycles. The van der Waals surface area contributed by atoms with E-state index in [0.717, 1.165) is 18.0 Å². The number of hydrogen-bond donors (Lipinski definition) is 1. The van der Waals surface area contributed by atoms with Gasteiger partial charge in [-0.05, 0) is 52.9 Å². The Hall–Kier alpha value is -1.13. The average molecular weight is 263 g/mol. The number of ether oxygens (including phenoxy) is 1. The number of piperidine rings is 1. The summed E-state index contributed by atoms with van der Waals surface area (Å²) in [6, 6.07) is 4.68. The molecule has 1 aromatic rings. The number of likely N-dealkylation sites (tertiary alicyclic amines) is 1. The first-order chi connectivity index (χ1) is 9.15. The van der Waals surface area contributed by atoms with Crippen molar-refractivity contribution >= 4 is 0 Å². The van der Waals surface area contributed by atoms with Crippen LogP contribution in [0.5, 0.6) is 5.88 Å². The maximum atomic E-state index is 5.74. The molecule has 19 heavy (non-hydrogen) atoms. The molecule has 0 unspecified atom stereocenters. The van der Waals surface area contributed by atoms with E-state index in [2.05, 4.69) is 28.3 Å². The molecule has 0 amide bonds. The van der Waals surface area contributed by atoms with E-state index in [-0.39, 0.29) is 6.10 Å². The predicted octanol–water partition coefficient (Wildman–Crippen LogP) is 2.05. The Labute approximate surface area is 116 Å². The van der Waals surface area contributed by atoms with Crippen molar-refractivity contribution in [1.29, 1.82) is 0 Å². The molecule has 0 aromatic carbocycles. The molecule has 0 bridgehead atoms. The van der Waals surface area contributed by atoms with E-state index in [4.69, 9.17) is 4.74 Å². The first-order valence-corrected chi connectivity index (χ1v) is 7.17. The zero-order valence-corrected chi connectivity index (χ0v) is 12.2. The Bertz CT molecular complexity index is 387. The molecular weight excluding hydrogens is 238 g/mol. The first-order valence-electron chi connectivity index (χ1n) is 7.17. The third-order valence-electron chi connectivity index (χ3n) is 3.50. The Morgan fingerprint density at radius 1 is 1.42 bits per heavy atom. The van der Waals surface area contributed by atoms with Gasteiger partial charge in [-0.15, -0.1) is 0 Å². The molecule has 2 rings (SSSR count). The summed E-state index contributed by atoms with van der Waals surface area (Å²) in [5.41, 5.74) is 1.15. The van der Waals surface area contributed by atoms with E-state index in [1.807, 2.05) is 19.9 Å². The van der Waals surface area contributed by atoms with Crippen molar-refractivity contribution in [2.45, 2.75) is 45.4 Å². The zero-order chi connectivity index (χ0) is 13.7. The highest BCUT2D eigenvalue weighted by atomic mass is 16.5. The summed E-state index contributed by atoms with van der Waals surface area (Å²) >= 11 is 0. The van der Waals surface area contributed by atoms with Crippen LogP contribution in [-0.2, 0) is 6.54 Å². The molecule has 2 heterocycles. The van der Waals surface area contributed by atoms with Crippen molar-refractivity contribution in [3.63, 3.8) is 0 Å². The first kappa shape index (κ1) is 14.3. The van der Waals surface area contributed by atoms with E-state index in [0.29, 0.717) is 6.04 Å². The lowest BCUT2D eigenvalue weighted by molar-refractivity contribution is 0.223. The fourth-order valence-corrected chi connectivity index (χ4v) is 2.36. The van der Waals surface area contributed by atoms with Crippen LogP contribution in [0.1, 0.15) is 32.3 Å². The van der Waals surface area contributed by atoms with Gasteiger partial charge in [0.15, 0.2) is 0 Å². The van der Waals surface area contributed by atoms with Gasteiger partial charge < -0.3 is 15.0 Å². The highest BCUT2D eigenvalue weighted by molar-refractivity contribution is 5.25. The third-order valence-corrected chi connectivity index (χ3v) is 3.50. The summed E-state index contributed by atoms with van der Waals surface area (Å²) in [5, 5.41) is 3.63. The van der Waals surface area contributed by atoms with Gasteiger partial charge in [0.25, 0.3) is 0 Å². The van der Waals surface area contributed by atoms with E-state index in [1.165, 1.54) is 25.9 Å². The second kappa shape index (κ2) is 6.87. The largest absolute Gasteiger partial charge is 0.475 e. The summed E-state index contributed by atoms with van der Waals surface area (Å²) in [4.78, 5) is 6.71. The van der Waals surface area contributed by atoms with Crippen molar-refractivity contribution in [2.75, 3.05) is 20.1 Å². The zero-order valence-electron chi connectivity index (χ0n) is 12.2. The van der Waals surface area contributed by atoms with Crippen LogP contribution in [0, 0.1) is 0 Å². The molecule has 1 aliphatic rings. The van der Waals surface area contributed by atoms with Crippen LogP contribution in [-0.4, -0.2) is 42.2 Å². The maximum Gasteiger partial charge on any atom is 0.218 e. The van der Waals surface area contributed by atoms with Gasteiger partial charge in [-0.2, -0.15) is 0 Å². The standard InChI is InChI=1S/C15H25N3O/c1-12(2)19-15-13(5-4-8-16-15)11-17-14-6-9-18(3)10-7-14/h4-5,8,12,14,17H,6-7,9-11H2,1-3H3. The van der Waals surface area contributed by atoms with Crippen molar-refractivity contribution in [1.82, 2.24) is 15.2 Å². The molecule has 0 radical (unpaired) electrons. The molecule has 0 atom stereocenters. The van der Waals surface area contributed by atoms with E-state index >= 15 is 0 Å². The molecule has 1 aromatic heterocycles. The summed E-state index contributed by atoms with van der Waals surface area (Å²) in [6.45, 7) is 7.26. The topological polar surface area (TPSA) is 37.4 Å². The summed E-state index contributed by atoms with van der Waals surface area (Å²) in [7, 11) is 2.19. The molecule has 106 valence electrons. The smallest absolute Gasteiger partial charge is 0.218 e. The average Bonchev–Trinajstić information content (AvgIpc) is 2.39. The van der Waals surface area contributed by atoms with E-state index in [9.17, 15) is 0 Å². The van der Waals surface area contributed by atoms with Crippen molar-refractivity contribution in [3.8, 4) is 5.88 Å². The Balaban J connectivity index is 1.88. The highest BCUT2D eigenvalue weighted by Crippen LogP contribution is 2.17.